The van der Waals surface area contributed by atoms with E-state index in [1.54, 1.807) is 6.07 Å². The van der Waals surface area contributed by atoms with Crippen LogP contribution in [0.25, 0.3) is 11.0 Å². The lowest BCUT2D eigenvalue weighted by atomic mass is 10.3. The summed E-state index contributed by atoms with van der Waals surface area (Å²) in [6.45, 7) is 0. The first-order valence-electron chi connectivity index (χ1n) is 5.21. The molecule has 1 aliphatic carbocycles. The lowest BCUT2D eigenvalue weighted by Gasteiger charge is -2.05. The molecule has 0 radical (unpaired) electrons. The molecule has 0 amide bonds. The topological polar surface area (TPSA) is 53.1 Å². The van der Waals surface area contributed by atoms with Crippen molar-refractivity contribution in [1.29, 1.82) is 0 Å². The molecule has 2 N–H and O–H groups in total. The summed E-state index contributed by atoms with van der Waals surface area (Å²) in [6.07, 6.45) is 2.21. The molecule has 1 saturated carbocycles. The Kier molecular flexibility index (Phi) is 1.83. The number of imidazole rings is 1. The number of hydrogen-bond acceptors (Lipinski definition) is 3. The zero-order chi connectivity index (χ0) is 11.3. The predicted molar refractivity (Wildman–Crippen MR) is 58.9 cm³/mol. The Morgan fingerprint density at radius 1 is 1.50 bits per heavy atom. The van der Waals surface area contributed by atoms with Gasteiger partial charge in [0.05, 0.1) is 18.1 Å². The molecule has 0 unspecified atom stereocenters. The fourth-order valence-electron chi connectivity index (χ4n) is 1.99. The maximum Gasteiger partial charge on any atom is 0.201 e. The molecule has 0 spiro atoms. The highest BCUT2D eigenvalue weighted by atomic mass is 19.1. The molecule has 16 heavy (non-hydrogen) atoms. The normalized spacial score (nSPS) is 15.6. The Morgan fingerprint density at radius 2 is 2.25 bits per heavy atom. The summed E-state index contributed by atoms with van der Waals surface area (Å²) in [5, 5.41) is 0. The van der Waals surface area contributed by atoms with E-state index in [1.807, 2.05) is 4.57 Å². The van der Waals surface area contributed by atoms with Gasteiger partial charge in [0, 0.05) is 18.2 Å². The number of fused-ring (bicyclic) bond motifs is 1. The number of nitrogens with zero attached hydrogens (tertiary/aromatic N) is 2. The molecule has 0 atom stereocenters. The monoisotopic (exact) mass is 221 g/mol. The van der Waals surface area contributed by atoms with E-state index in [4.69, 9.17) is 10.5 Å². The van der Waals surface area contributed by atoms with Crippen LogP contribution in [0.1, 0.15) is 18.9 Å². The Labute approximate surface area is 91.8 Å². The molecule has 1 aromatic heterocycles. The lowest BCUT2D eigenvalue weighted by Crippen LogP contribution is -2.00. The van der Waals surface area contributed by atoms with Crippen LogP contribution >= 0.6 is 0 Å². The van der Waals surface area contributed by atoms with Crippen molar-refractivity contribution in [2.75, 3.05) is 12.8 Å². The highest BCUT2D eigenvalue weighted by molar-refractivity contribution is 5.80. The average molecular weight is 221 g/mol. The molecule has 84 valence electrons. The Hall–Kier alpha value is -1.78. The summed E-state index contributed by atoms with van der Waals surface area (Å²) in [7, 11) is 1.45. The number of nitrogens with two attached hydrogens (primary N) is 1. The standard InChI is InChI=1S/C11H12FN3O/c1-16-10-5-9-8(4-7(10)12)14-11(13)15(9)6-2-3-6/h4-6H,2-3H2,1H3,(H2,13,14). The van der Waals surface area contributed by atoms with Crippen LogP contribution in [0.4, 0.5) is 10.3 Å². The summed E-state index contributed by atoms with van der Waals surface area (Å²) in [6, 6.07) is 3.44. The molecule has 3 rings (SSSR count). The number of nitrogen functional groups attached to an aromatic ring is 1. The molecule has 4 nitrogen and oxygen atoms in total. The summed E-state index contributed by atoms with van der Waals surface area (Å²) in [5.74, 6) is 0.273. The Balaban J connectivity index is 2.29. The van der Waals surface area contributed by atoms with Gasteiger partial charge >= 0.3 is 0 Å². The smallest absolute Gasteiger partial charge is 0.201 e. The van der Waals surface area contributed by atoms with Crippen LogP contribution in [0.15, 0.2) is 12.1 Å². The van der Waals surface area contributed by atoms with Crippen LogP contribution in [-0.2, 0) is 0 Å². The maximum atomic E-state index is 13.5. The predicted octanol–water partition coefficient (Wildman–Crippen LogP) is 2.10. The molecule has 1 aliphatic rings. The third-order valence-electron chi connectivity index (χ3n) is 2.90. The fraction of sp³-hybridized carbons (Fsp3) is 0.364. The van der Waals surface area contributed by atoms with Crippen molar-refractivity contribution in [1.82, 2.24) is 9.55 Å². The van der Waals surface area contributed by atoms with E-state index >= 15 is 0 Å². The maximum absolute atomic E-state index is 13.5. The molecule has 2 aromatic rings. The number of benzene rings is 1. The van der Waals surface area contributed by atoms with Gasteiger partial charge in [-0.05, 0) is 12.8 Å². The molecule has 0 saturated heterocycles. The van der Waals surface area contributed by atoms with Gasteiger partial charge in [-0.3, -0.25) is 0 Å². The van der Waals surface area contributed by atoms with Gasteiger partial charge in [0.1, 0.15) is 0 Å². The van der Waals surface area contributed by atoms with Crippen LogP contribution < -0.4 is 10.5 Å². The number of ether oxygens (including phenoxy) is 1. The fourth-order valence-corrected chi connectivity index (χ4v) is 1.99. The van der Waals surface area contributed by atoms with Crippen molar-refractivity contribution in [2.24, 2.45) is 0 Å². The first kappa shape index (κ1) is 9.45. The van der Waals surface area contributed by atoms with Crippen molar-refractivity contribution < 1.29 is 9.13 Å². The summed E-state index contributed by atoms with van der Waals surface area (Å²) < 4.78 is 20.4. The van der Waals surface area contributed by atoms with Crippen LogP contribution in [0, 0.1) is 5.82 Å². The van der Waals surface area contributed by atoms with Gasteiger partial charge in [0.15, 0.2) is 11.6 Å². The van der Waals surface area contributed by atoms with Crippen LogP contribution in [0.5, 0.6) is 5.75 Å². The molecular formula is C11H12FN3O. The molecule has 0 aliphatic heterocycles. The number of rotatable bonds is 2. The molecule has 5 heteroatoms. The van der Waals surface area contributed by atoms with Gasteiger partial charge in [-0.2, -0.15) is 0 Å². The van der Waals surface area contributed by atoms with Gasteiger partial charge in [0.2, 0.25) is 5.95 Å². The minimum atomic E-state index is -0.407. The number of methoxy groups -OCH3 is 1. The highest BCUT2D eigenvalue weighted by Gasteiger charge is 2.28. The van der Waals surface area contributed by atoms with Crippen LogP contribution in [0.3, 0.4) is 0 Å². The second kappa shape index (κ2) is 3.10. The van der Waals surface area contributed by atoms with Crippen molar-refractivity contribution in [3.63, 3.8) is 0 Å². The highest BCUT2D eigenvalue weighted by Crippen LogP contribution is 2.40. The zero-order valence-corrected chi connectivity index (χ0v) is 8.90. The van der Waals surface area contributed by atoms with Gasteiger partial charge in [-0.15, -0.1) is 0 Å². The number of halogens is 1. The van der Waals surface area contributed by atoms with Crippen LogP contribution in [0.2, 0.25) is 0 Å². The van der Waals surface area contributed by atoms with E-state index in [1.165, 1.54) is 13.2 Å². The van der Waals surface area contributed by atoms with Gasteiger partial charge in [0.25, 0.3) is 0 Å². The zero-order valence-electron chi connectivity index (χ0n) is 8.90. The van der Waals surface area contributed by atoms with Gasteiger partial charge in [-0.25, -0.2) is 9.37 Å². The third kappa shape index (κ3) is 1.24. The van der Waals surface area contributed by atoms with Crippen molar-refractivity contribution in [3.8, 4) is 5.75 Å². The first-order valence-corrected chi connectivity index (χ1v) is 5.21. The SMILES string of the molecule is COc1cc2c(cc1F)nc(N)n2C1CC1. The quantitative estimate of drug-likeness (QED) is 0.844. The average Bonchev–Trinajstić information content (AvgIpc) is 3.01. The second-order valence-corrected chi connectivity index (χ2v) is 4.05. The molecular weight excluding hydrogens is 209 g/mol. The van der Waals surface area contributed by atoms with E-state index in [0.29, 0.717) is 17.5 Å². The lowest BCUT2D eigenvalue weighted by molar-refractivity contribution is 0.387. The summed E-state index contributed by atoms with van der Waals surface area (Å²) in [5.41, 5.74) is 7.26. The summed E-state index contributed by atoms with van der Waals surface area (Å²) in [4.78, 5) is 4.16. The van der Waals surface area contributed by atoms with E-state index in [9.17, 15) is 4.39 Å². The summed E-state index contributed by atoms with van der Waals surface area (Å²) >= 11 is 0. The van der Waals surface area contributed by atoms with Crippen molar-refractivity contribution in [2.45, 2.75) is 18.9 Å². The van der Waals surface area contributed by atoms with E-state index in [2.05, 4.69) is 4.98 Å². The van der Waals surface area contributed by atoms with E-state index < -0.39 is 5.82 Å². The Morgan fingerprint density at radius 3 is 2.88 bits per heavy atom. The van der Waals surface area contributed by atoms with E-state index in [-0.39, 0.29) is 5.75 Å². The molecule has 1 aromatic carbocycles. The Bertz CT molecular complexity index is 560. The molecule has 1 fully saturated rings. The largest absolute Gasteiger partial charge is 0.494 e. The van der Waals surface area contributed by atoms with Crippen molar-refractivity contribution in [3.05, 3.63) is 17.9 Å². The van der Waals surface area contributed by atoms with Crippen LogP contribution in [-0.4, -0.2) is 16.7 Å². The minimum absolute atomic E-state index is 0.231. The van der Waals surface area contributed by atoms with Gasteiger partial charge in [-0.1, -0.05) is 0 Å². The number of hydrogen-bond donors (Lipinski definition) is 1. The number of anilines is 1. The van der Waals surface area contributed by atoms with E-state index in [0.717, 1.165) is 18.4 Å². The first-order chi connectivity index (χ1) is 7.70. The van der Waals surface area contributed by atoms with Gasteiger partial charge < -0.3 is 15.0 Å². The van der Waals surface area contributed by atoms with Crippen molar-refractivity contribution >= 4 is 17.0 Å². The molecule has 1 heterocycles. The minimum Gasteiger partial charge on any atom is -0.494 e. The number of aromatic nitrogens is 2. The third-order valence-corrected chi connectivity index (χ3v) is 2.90. The molecule has 0 bridgehead atoms. The second-order valence-electron chi connectivity index (χ2n) is 4.05.